The standard InChI is InChI=1S/C26H28FN5O3/c27-19-13-17-22-25(23(19)31-11-7-16(28)14-31)35-21-6-2-1-5-20(21)32(22)15-18(24(17)33)26(34)29-8-12-30-9-3-4-10-30/h1-2,5-6,13,15-16H,3-4,7-12,14,28H2,(H,29,34). The molecule has 0 radical (unpaired) electrons. The van der Waals surface area contributed by atoms with Crippen LogP contribution in [0.2, 0.25) is 0 Å². The van der Waals surface area contributed by atoms with E-state index in [4.69, 9.17) is 10.5 Å². The van der Waals surface area contributed by atoms with Gasteiger partial charge in [-0.1, -0.05) is 12.1 Å². The first-order valence-electron chi connectivity index (χ1n) is 12.2. The zero-order valence-electron chi connectivity index (χ0n) is 19.4. The Kier molecular flexibility index (Phi) is 5.46. The Bertz CT molecular complexity index is 1380. The normalized spacial score (nSPS) is 19.1. The Hall–Kier alpha value is -3.43. The van der Waals surface area contributed by atoms with E-state index in [9.17, 15) is 9.59 Å². The number of carbonyl (C=O) groups is 1. The summed E-state index contributed by atoms with van der Waals surface area (Å²) in [4.78, 5) is 30.7. The highest BCUT2D eigenvalue weighted by molar-refractivity contribution is 6.01. The molecular formula is C26H28FN5O3. The second kappa shape index (κ2) is 8.66. The first-order valence-corrected chi connectivity index (χ1v) is 12.2. The number of rotatable bonds is 5. The number of likely N-dealkylation sites (tertiary alicyclic amines) is 1. The number of hydrogen-bond acceptors (Lipinski definition) is 6. The van der Waals surface area contributed by atoms with Crippen molar-refractivity contribution in [3.05, 3.63) is 58.1 Å². The van der Waals surface area contributed by atoms with E-state index in [1.807, 2.05) is 23.1 Å². The Balaban J connectivity index is 1.46. The molecule has 35 heavy (non-hydrogen) atoms. The number of hydrogen-bond donors (Lipinski definition) is 2. The van der Waals surface area contributed by atoms with Gasteiger partial charge in [0.25, 0.3) is 5.91 Å². The van der Waals surface area contributed by atoms with Crippen molar-refractivity contribution in [1.82, 2.24) is 14.8 Å². The molecular weight excluding hydrogens is 449 g/mol. The summed E-state index contributed by atoms with van der Waals surface area (Å²) in [7, 11) is 0. The minimum Gasteiger partial charge on any atom is -0.451 e. The smallest absolute Gasteiger partial charge is 0.256 e. The summed E-state index contributed by atoms with van der Waals surface area (Å²) in [6, 6.07) is 8.52. The highest BCUT2D eigenvalue weighted by Gasteiger charge is 2.32. The molecule has 3 aliphatic heterocycles. The van der Waals surface area contributed by atoms with Gasteiger partial charge < -0.3 is 30.2 Å². The van der Waals surface area contributed by atoms with Gasteiger partial charge in [-0.3, -0.25) is 9.59 Å². The van der Waals surface area contributed by atoms with Crippen molar-refractivity contribution >= 4 is 22.5 Å². The first-order chi connectivity index (χ1) is 17.0. The highest BCUT2D eigenvalue weighted by atomic mass is 19.1. The first kappa shape index (κ1) is 22.1. The van der Waals surface area contributed by atoms with Crippen molar-refractivity contribution in [2.45, 2.75) is 25.3 Å². The van der Waals surface area contributed by atoms with E-state index in [-0.39, 0.29) is 22.7 Å². The van der Waals surface area contributed by atoms with E-state index in [1.165, 1.54) is 18.9 Å². The number of nitrogens with two attached hydrogens (primary N) is 1. The van der Waals surface area contributed by atoms with Crippen LogP contribution in [-0.4, -0.2) is 60.7 Å². The van der Waals surface area contributed by atoms with Gasteiger partial charge in [-0.15, -0.1) is 0 Å². The van der Waals surface area contributed by atoms with Crippen molar-refractivity contribution in [3.8, 4) is 17.2 Å². The summed E-state index contributed by atoms with van der Waals surface area (Å²) in [5, 5.41) is 2.99. The third-order valence-corrected chi connectivity index (χ3v) is 7.21. The number of aromatic nitrogens is 1. The van der Waals surface area contributed by atoms with Gasteiger partial charge >= 0.3 is 0 Å². The lowest BCUT2D eigenvalue weighted by Gasteiger charge is -2.29. The predicted molar refractivity (Wildman–Crippen MR) is 132 cm³/mol. The molecule has 2 aromatic carbocycles. The Morgan fingerprint density at radius 3 is 2.77 bits per heavy atom. The quantitative estimate of drug-likeness (QED) is 0.459. The average Bonchev–Trinajstić information content (AvgIpc) is 3.52. The van der Waals surface area contributed by atoms with Crippen molar-refractivity contribution < 1.29 is 13.9 Å². The molecule has 2 fully saturated rings. The zero-order valence-corrected chi connectivity index (χ0v) is 19.4. The molecule has 3 aromatic rings. The maximum atomic E-state index is 15.5. The third kappa shape index (κ3) is 3.75. The fourth-order valence-corrected chi connectivity index (χ4v) is 5.43. The van der Waals surface area contributed by atoms with Crippen LogP contribution in [0, 0.1) is 5.82 Å². The number of nitrogens with zero attached hydrogens (tertiary/aromatic N) is 3. The summed E-state index contributed by atoms with van der Waals surface area (Å²) in [6.45, 7) is 4.35. The molecule has 1 unspecified atom stereocenters. The van der Waals surface area contributed by atoms with Crippen LogP contribution in [0.5, 0.6) is 11.5 Å². The van der Waals surface area contributed by atoms with E-state index < -0.39 is 17.2 Å². The van der Waals surface area contributed by atoms with Crippen LogP contribution in [0.4, 0.5) is 10.1 Å². The lowest BCUT2D eigenvalue weighted by molar-refractivity contribution is 0.0948. The number of nitrogens with one attached hydrogen (secondary N) is 1. The second-order valence-electron chi connectivity index (χ2n) is 9.54. The molecule has 0 spiro atoms. The van der Waals surface area contributed by atoms with Crippen LogP contribution in [0.25, 0.3) is 16.6 Å². The van der Waals surface area contributed by atoms with Gasteiger partial charge in [-0.25, -0.2) is 4.39 Å². The summed E-state index contributed by atoms with van der Waals surface area (Å²) >= 11 is 0. The molecule has 9 heteroatoms. The number of fused-ring (bicyclic) bond motifs is 2. The summed E-state index contributed by atoms with van der Waals surface area (Å²) < 4.78 is 23.5. The molecule has 1 atom stereocenters. The third-order valence-electron chi connectivity index (χ3n) is 7.21. The number of anilines is 1. The number of pyridine rings is 1. The average molecular weight is 478 g/mol. The van der Waals surface area contributed by atoms with Crippen LogP contribution in [0.3, 0.4) is 0 Å². The number of amides is 1. The van der Waals surface area contributed by atoms with Crippen LogP contribution >= 0.6 is 0 Å². The molecule has 8 nitrogen and oxygen atoms in total. The molecule has 1 amide bonds. The Morgan fingerprint density at radius 1 is 1.20 bits per heavy atom. The van der Waals surface area contributed by atoms with Crippen LogP contribution < -0.4 is 26.1 Å². The molecule has 182 valence electrons. The van der Waals surface area contributed by atoms with Gasteiger partial charge in [0.2, 0.25) is 5.43 Å². The van der Waals surface area contributed by atoms with E-state index >= 15 is 4.39 Å². The van der Waals surface area contributed by atoms with Gasteiger partial charge in [-0.2, -0.15) is 0 Å². The van der Waals surface area contributed by atoms with Gasteiger partial charge in [0, 0.05) is 38.4 Å². The summed E-state index contributed by atoms with van der Waals surface area (Å²) in [5.74, 6) is -0.205. The molecule has 2 saturated heterocycles. The highest BCUT2D eigenvalue weighted by Crippen LogP contribution is 2.46. The second-order valence-corrected chi connectivity index (χ2v) is 9.54. The molecule has 0 aliphatic carbocycles. The molecule has 0 bridgehead atoms. The SMILES string of the molecule is NC1CCN(c2c(F)cc3c(=O)c(C(=O)NCCN4CCCC4)cn4c3c2Oc2ccccc2-4)C1. The van der Waals surface area contributed by atoms with Gasteiger partial charge in [0.1, 0.15) is 16.8 Å². The number of halogens is 1. The maximum Gasteiger partial charge on any atom is 0.256 e. The Labute approximate surface area is 202 Å². The van der Waals surface area contributed by atoms with E-state index in [2.05, 4.69) is 10.2 Å². The minimum absolute atomic E-state index is 0.0167. The zero-order chi connectivity index (χ0) is 24.1. The molecule has 0 saturated carbocycles. The molecule has 3 aliphatic rings. The largest absolute Gasteiger partial charge is 0.451 e. The fraction of sp³-hybridized carbons (Fsp3) is 0.385. The lowest BCUT2D eigenvalue weighted by Crippen LogP contribution is -2.36. The lowest BCUT2D eigenvalue weighted by atomic mass is 10.1. The molecule has 4 heterocycles. The monoisotopic (exact) mass is 477 g/mol. The number of benzene rings is 2. The van der Waals surface area contributed by atoms with Gasteiger partial charge in [-0.05, 0) is 50.6 Å². The number of para-hydroxylation sites is 2. The van der Waals surface area contributed by atoms with E-state index in [1.54, 1.807) is 16.8 Å². The summed E-state index contributed by atoms with van der Waals surface area (Å²) in [6.07, 6.45) is 4.64. The number of carbonyl (C=O) groups excluding carboxylic acids is 1. The Morgan fingerprint density at radius 2 is 2.00 bits per heavy atom. The molecule has 6 rings (SSSR count). The minimum atomic E-state index is -0.559. The van der Waals surface area contributed by atoms with Gasteiger partial charge in [0.15, 0.2) is 17.3 Å². The van der Waals surface area contributed by atoms with Crippen molar-refractivity contribution in [1.29, 1.82) is 0 Å². The van der Waals surface area contributed by atoms with Crippen LogP contribution in [0.15, 0.2) is 41.3 Å². The maximum absolute atomic E-state index is 15.5. The van der Waals surface area contributed by atoms with E-state index in [0.29, 0.717) is 42.3 Å². The van der Waals surface area contributed by atoms with Crippen molar-refractivity contribution in [2.75, 3.05) is 44.2 Å². The van der Waals surface area contributed by atoms with Gasteiger partial charge in [0.05, 0.1) is 11.1 Å². The van der Waals surface area contributed by atoms with Crippen LogP contribution in [-0.2, 0) is 0 Å². The summed E-state index contributed by atoms with van der Waals surface area (Å²) in [5.41, 5.74) is 7.00. The van der Waals surface area contributed by atoms with Crippen molar-refractivity contribution in [2.24, 2.45) is 5.73 Å². The topological polar surface area (TPSA) is 92.8 Å². The molecule has 1 aromatic heterocycles. The van der Waals surface area contributed by atoms with E-state index in [0.717, 1.165) is 26.1 Å². The van der Waals surface area contributed by atoms with Crippen molar-refractivity contribution in [3.63, 3.8) is 0 Å². The predicted octanol–water partition coefficient (Wildman–Crippen LogP) is 2.60. The van der Waals surface area contributed by atoms with Crippen LogP contribution in [0.1, 0.15) is 29.6 Å². The fourth-order valence-electron chi connectivity index (χ4n) is 5.43. The number of ether oxygens (including phenoxy) is 1. The molecule has 3 N–H and O–H groups in total.